The van der Waals surface area contributed by atoms with Crippen LogP contribution in [0.15, 0.2) is 29.9 Å². The number of thiophene rings is 1. The molecule has 4 N–H and O–H groups in total. The standard InChI is InChI=1S/C22H26N4O5S/c1-13-11-32-21-19(13)20(24-12-25-21)26-6-4-14(5-7-26)23-9-15(27)10-31-16-2-3-18(28)17(8-16)22(29)30/h2-3,8,11-12,14-15,23,27-28H,4-7,9-10H2,1H3,(H,29,30). The van der Waals surface area contributed by atoms with Gasteiger partial charge in [-0.05, 0) is 48.9 Å². The zero-order valence-corrected chi connectivity index (χ0v) is 18.5. The molecule has 0 bridgehead atoms. The molecule has 9 nitrogen and oxygen atoms in total. The predicted molar refractivity (Wildman–Crippen MR) is 122 cm³/mol. The number of nitrogens with zero attached hydrogens (tertiary/aromatic N) is 3. The number of nitrogens with one attached hydrogen (secondary N) is 1. The summed E-state index contributed by atoms with van der Waals surface area (Å²) in [6.45, 7) is 4.22. The van der Waals surface area contributed by atoms with E-state index in [1.807, 2.05) is 0 Å². The number of aromatic carboxylic acids is 1. The highest BCUT2D eigenvalue weighted by Gasteiger charge is 2.23. The van der Waals surface area contributed by atoms with Crippen molar-refractivity contribution >= 4 is 33.3 Å². The number of fused-ring (bicyclic) bond motifs is 1. The van der Waals surface area contributed by atoms with Crippen LogP contribution < -0.4 is 15.0 Å². The van der Waals surface area contributed by atoms with Gasteiger partial charge < -0.3 is 30.3 Å². The Morgan fingerprint density at radius 1 is 1.34 bits per heavy atom. The molecule has 3 aromatic rings. The fraction of sp³-hybridized carbons (Fsp3) is 0.409. The van der Waals surface area contributed by atoms with Gasteiger partial charge in [0.15, 0.2) is 0 Å². The highest BCUT2D eigenvalue weighted by Crippen LogP contribution is 2.32. The Bertz CT molecular complexity index is 1100. The van der Waals surface area contributed by atoms with E-state index < -0.39 is 12.1 Å². The summed E-state index contributed by atoms with van der Waals surface area (Å²) in [5, 5.41) is 35.5. The lowest BCUT2D eigenvalue weighted by Gasteiger charge is -2.34. The van der Waals surface area contributed by atoms with E-state index in [4.69, 9.17) is 9.84 Å². The first-order valence-corrected chi connectivity index (χ1v) is 11.3. The van der Waals surface area contributed by atoms with Crippen molar-refractivity contribution in [1.29, 1.82) is 0 Å². The van der Waals surface area contributed by atoms with Gasteiger partial charge in [-0.2, -0.15) is 0 Å². The number of aliphatic hydroxyl groups excluding tert-OH is 1. The van der Waals surface area contributed by atoms with Crippen LogP contribution in [0.5, 0.6) is 11.5 Å². The molecule has 0 aliphatic carbocycles. The lowest BCUT2D eigenvalue weighted by atomic mass is 10.0. The Hall–Kier alpha value is -2.95. The molecule has 0 amide bonds. The average molecular weight is 459 g/mol. The molecule has 1 aromatic carbocycles. The summed E-state index contributed by atoms with van der Waals surface area (Å²) in [6, 6.07) is 4.26. The monoisotopic (exact) mass is 458 g/mol. The number of piperidine rings is 1. The lowest BCUT2D eigenvalue weighted by Crippen LogP contribution is -2.45. The molecule has 0 radical (unpaired) electrons. The maximum Gasteiger partial charge on any atom is 0.339 e. The average Bonchev–Trinajstić information content (AvgIpc) is 3.18. The van der Waals surface area contributed by atoms with Crippen LogP contribution in [0.2, 0.25) is 0 Å². The first kappa shape index (κ1) is 22.3. The molecule has 1 aliphatic heterocycles. The number of aromatic nitrogens is 2. The number of aryl methyl sites for hydroxylation is 1. The molecular weight excluding hydrogens is 432 g/mol. The van der Waals surface area contributed by atoms with E-state index in [9.17, 15) is 15.0 Å². The van der Waals surface area contributed by atoms with Crippen molar-refractivity contribution in [3.63, 3.8) is 0 Å². The molecule has 1 fully saturated rings. The molecule has 0 spiro atoms. The fourth-order valence-corrected chi connectivity index (χ4v) is 4.75. The number of anilines is 1. The largest absolute Gasteiger partial charge is 0.507 e. The molecule has 10 heteroatoms. The quantitative estimate of drug-likeness (QED) is 0.402. The number of aromatic hydroxyl groups is 1. The maximum absolute atomic E-state index is 11.1. The van der Waals surface area contributed by atoms with E-state index in [0.29, 0.717) is 6.54 Å². The van der Waals surface area contributed by atoms with Crippen molar-refractivity contribution in [2.24, 2.45) is 0 Å². The minimum absolute atomic E-state index is 0.0199. The maximum atomic E-state index is 11.1. The first-order chi connectivity index (χ1) is 15.4. The second kappa shape index (κ2) is 9.68. The van der Waals surface area contributed by atoms with Gasteiger partial charge >= 0.3 is 5.97 Å². The minimum atomic E-state index is -1.24. The van der Waals surface area contributed by atoms with Crippen LogP contribution in [0.1, 0.15) is 28.8 Å². The number of benzene rings is 1. The number of phenols is 1. The van der Waals surface area contributed by atoms with Crippen molar-refractivity contribution in [1.82, 2.24) is 15.3 Å². The number of rotatable bonds is 8. The Kier molecular flexibility index (Phi) is 6.73. The van der Waals surface area contributed by atoms with Crippen LogP contribution in [0, 0.1) is 6.92 Å². The fourth-order valence-electron chi connectivity index (χ4n) is 3.86. The SMILES string of the molecule is Cc1csc2ncnc(N3CCC(NCC(O)COc4ccc(O)c(C(=O)O)c4)CC3)c12. The van der Waals surface area contributed by atoms with Crippen molar-refractivity contribution < 1.29 is 24.9 Å². The van der Waals surface area contributed by atoms with Crippen LogP contribution in [0.25, 0.3) is 10.2 Å². The molecule has 1 saturated heterocycles. The van der Waals surface area contributed by atoms with Crippen LogP contribution in [-0.4, -0.2) is 69.6 Å². The van der Waals surface area contributed by atoms with Crippen molar-refractivity contribution in [3.8, 4) is 11.5 Å². The van der Waals surface area contributed by atoms with Gasteiger partial charge in [-0.15, -0.1) is 11.3 Å². The molecule has 3 heterocycles. The number of hydrogen-bond acceptors (Lipinski definition) is 9. The summed E-state index contributed by atoms with van der Waals surface area (Å²) in [5.41, 5.74) is 0.966. The summed E-state index contributed by atoms with van der Waals surface area (Å²) >= 11 is 1.64. The molecule has 2 aromatic heterocycles. The summed E-state index contributed by atoms with van der Waals surface area (Å²) < 4.78 is 5.49. The van der Waals surface area contributed by atoms with Crippen LogP contribution in [0.4, 0.5) is 5.82 Å². The van der Waals surface area contributed by atoms with Gasteiger partial charge in [0.2, 0.25) is 0 Å². The number of ether oxygens (including phenoxy) is 1. The molecule has 1 aliphatic rings. The summed E-state index contributed by atoms with van der Waals surface area (Å²) in [6.07, 6.45) is 2.75. The van der Waals surface area contributed by atoms with Gasteiger partial charge in [0.05, 0.1) is 5.39 Å². The van der Waals surface area contributed by atoms with E-state index in [2.05, 4.69) is 32.5 Å². The summed E-state index contributed by atoms with van der Waals surface area (Å²) in [5.74, 6) is -0.281. The Morgan fingerprint density at radius 2 is 2.12 bits per heavy atom. The number of carboxylic acid groups (broad SMARTS) is 1. The first-order valence-electron chi connectivity index (χ1n) is 10.5. The van der Waals surface area contributed by atoms with Crippen molar-refractivity contribution in [3.05, 3.63) is 41.0 Å². The van der Waals surface area contributed by atoms with Crippen LogP contribution >= 0.6 is 11.3 Å². The Balaban J connectivity index is 1.24. The van der Waals surface area contributed by atoms with E-state index >= 15 is 0 Å². The molecular formula is C22H26N4O5S. The van der Waals surface area contributed by atoms with Gasteiger partial charge in [-0.3, -0.25) is 0 Å². The van der Waals surface area contributed by atoms with Gasteiger partial charge in [0.1, 0.15) is 46.7 Å². The molecule has 32 heavy (non-hydrogen) atoms. The number of carboxylic acids is 1. The molecule has 1 atom stereocenters. The van der Waals surface area contributed by atoms with E-state index in [-0.39, 0.29) is 29.7 Å². The molecule has 1 unspecified atom stereocenters. The second-order valence-corrected chi connectivity index (χ2v) is 8.77. The molecule has 4 rings (SSSR count). The minimum Gasteiger partial charge on any atom is -0.507 e. The third-order valence-corrected chi connectivity index (χ3v) is 6.62. The lowest BCUT2D eigenvalue weighted by molar-refractivity contribution is 0.0692. The second-order valence-electron chi connectivity index (χ2n) is 7.91. The zero-order valence-electron chi connectivity index (χ0n) is 17.7. The topological polar surface area (TPSA) is 128 Å². The molecule has 170 valence electrons. The Morgan fingerprint density at radius 3 is 2.88 bits per heavy atom. The summed E-state index contributed by atoms with van der Waals surface area (Å²) in [7, 11) is 0. The number of hydrogen-bond donors (Lipinski definition) is 4. The van der Waals surface area contributed by atoms with Gasteiger partial charge in [0.25, 0.3) is 0 Å². The number of carbonyl (C=O) groups is 1. The van der Waals surface area contributed by atoms with Crippen molar-refractivity contribution in [2.45, 2.75) is 31.9 Å². The Labute approximate surface area is 189 Å². The van der Waals surface area contributed by atoms with Crippen LogP contribution in [-0.2, 0) is 0 Å². The smallest absolute Gasteiger partial charge is 0.339 e. The van der Waals surface area contributed by atoms with E-state index in [0.717, 1.165) is 42.0 Å². The third-order valence-electron chi connectivity index (χ3n) is 5.61. The van der Waals surface area contributed by atoms with E-state index in [1.54, 1.807) is 17.7 Å². The molecule has 0 saturated carbocycles. The van der Waals surface area contributed by atoms with Gasteiger partial charge in [0, 0.05) is 25.7 Å². The highest BCUT2D eigenvalue weighted by atomic mass is 32.1. The van der Waals surface area contributed by atoms with Gasteiger partial charge in [-0.1, -0.05) is 0 Å². The van der Waals surface area contributed by atoms with Gasteiger partial charge in [-0.25, -0.2) is 14.8 Å². The normalized spacial score (nSPS) is 15.8. The van der Waals surface area contributed by atoms with Crippen molar-refractivity contribution in [2.75, 3.05) is 31.1 Å². The summed E-state index contributed by atoms with van der Waals surface area (Å²) in [4.78, 5) is 23.3. The number of aliphatic hydroxyl groups is 1. The zero-order chi connectivity index (χ0) is 22.7. The third kappa shape index (κ3) is 4.93. The van der Waals surface area contributed by atoms with E-state index in [1.165, 1.54) is 23.8 Å². The van der Waals surface area contributed by atoms with Crippen LogP contribution in [0.3, 0.4) is 0 Å². The predicted octanol–water partition coefficient (Wildman–Crippen LogP) is 2.40. The highest BCUT2D eigenvalue weighted by molar-refractivity contribution is 7.17.